The van der Waals surface area contributed by atoms with Crippen molar-refractivity contribution < 1.29 is 69.0 Å². The van der Waals surface area contributed by atoms with Crippen LogP contribution < -0.4 is 37.6 Å². The molecule has 0 radical (unpaired) electrons. The average molecular weight is 770 g/mol. The average Bonchev–Trinajstić information content (AvgIpc) is 3.11. The Kier molecular flexibility index (Phi) is 20.3. The zero-order valence-corrected chi connectivity index (χ0v) is 30.1. The molecule has 21 heteroatoms. The van der Waals surface area contributed by atoms with Crippen molar-refractivity contribution in [2.45, 2.75) is 94.9 Å². The molecule has 0 aliphatic heterocycles. The van der Waals surface area contributed by atoms with Crippen molar-refractivity contribution in [1.29, 1.82) is 0 Å². The third-order valence-corrected chi connectivity index (χ3v) is 7.75. The standard InChI is InChI=1S/C33H51N7O14/c1-16(2)11-21(29(49)38-24(15-43)32(52)40-26(17(3)44)33(53)54)36-28(48)20(9-10-25(45)46)35-30(50)23(14-42)39-31(51)22(13-41)37-27(47)19(34)12-18-7-5-4-6-8-18/h4-8,16-17,19-24,26,41-44H,9-15,34H2,1-3H3,(H,35,50)(H,36,48)(H,37,47)(H,38,49)(H,39,51)(H,40,52)(H,45,46)(H,53,54)/t17-,19+,20+,21+,22+,23+,24+,26+/m1/s1. The van der Waals surface area contributed by atoms with Crippen LogP contribution >= 0.6 is 0 Å². The molecule has 0 spiro atoms. The molecule has 0 heterocycles. The van der Waals surface area contributed by atoms with E-state index in [1.54, 1.807) is 44.2 Å². The number of hydrogen-bond donors (Lipinski definition) is 13. The van der Waals surface area contributed by atoms with Gasteiger partial charge in [-0.05, 0) is 37.7 Å². The number of hydrogen-bond acceptors (Lipinski definition) is 13. The van der Waals surface area contributed by atoms with Crippen molar-refractivity contribution in [2.24, 2.45) is 11.7 Å². The van der Waals surface area contributed by atoms with Gasteiger partial charge in [-0.2, -0.15) is 0 Å². The second kappa shape index (κ2) is 23.4. The van der Waals surface area contributed by atoms with E-state index in [0.717, 1.165) is 12.5 Å². The molecule has 0 bridgehead atoms. The molecule has 6 amide bonds. The number of nitrogens with one attached hydrogen (secondary N) is 6. The minimum Gasteiger partial charge on any atom is -0.481 e. The maximum atomic E-state index is 13.4. The van der Waals surface area contributed by atoms with E-state index in [2.05, 4.69) is 26.6 Å². The fourth-order valence-corrected chi connectivity index (χ4v) is 4.79. The monoisotopic (exact) mass is 769 g/mol. The molecule has 21 nitrogen and oxygen atoms in total. The maximum absolute atomic E-state index is 13.4. The van der Waals surface area contributed by atoms with Crippen LogP contribution in [0.2, 0.25) is 0 Å². The number of rotatable bonds is 24. The quantitative estimate of drug-likeness (QED) is 0.0467. The highest BCUT2D eigenvalue weighted by atomic mass is 16.4. The van der Waals surface area contributed by atoms with E-state index in [1.165, 1.54) is 0 Å². The first-order valence-electron chi connectivity index (χ1n) is 16.9. The van der Waals surface area contributed by atoms with E-state index in [4.69, 9.17) is 5.73 Å². The molecule has 302 valence electrons. The van der Waals surface area contributed by atoms with Gasteiger partial charge in [-0.1, -0.05) is 44.2 Å². The second-order valence-electron chi connectivity index (χ2n) is 12.8. The lowest BCUT2D eigenvalue weighted by atomic mass is 10.0. The lowest BCUT2D eigenvalue weighted by Crippen LogP contribution is -2.61. The number of carboxylic acids is 2. The molecule has 0 aliphatic carbocycles. The Morgan fingerprint density at radius 1 is 0.611 bits per heavy atom. The molecule has 0 aromatic heterocycles. The summed E-state index contributed by atoms with van der Waals surface area (Å²) in [5.41, 5.74) is 6.65. The van der Waals surface area contributed by atoms with Crippen LogP contribution in [0.5, 0.6) is 0 Å². The molecule has 1 aromatic rings. The highest BCUT2D eigenvalue weighted by Crippen LogP contribution is 2.09. The molecular formula is C33H51N7O14. The zero-order valence-electron chi connectivity index (χ0n) is 30.1. The SMILES string of the molecule is CC(C)C[C@H](NC(=O)[C@H](CCC(=O)O)NC(=O)[C@H](CO)NC(=O)[C@H](CO)NC(=O)[C@@H](N)Cc1ccccc1)C(=O)N[C@@H](CO)C(=O)N[C@H](C(=O)O)[C@@H](C)O. The maximum Gasteiger partial charge on any atom is 0.328 e. The Hall–Kier alpha value is -5.22. The first-order valence-corrected chi connectivity index (χ1v) is 16.9. The van der Waals surface area contributed by atoms with Crippen LogP contribution in [0, 0.1) is 5.92 Å². The molecule has 54 heavy (non-hydrogen) atoms. The fourth-order valence-electron chi connectivity index (χ4n) is 4.79. The van der Waals surface area contributed by atoms with Crippen LogP contribution in [0.4, 0.5) is 0 Å². The molecule has 8 atom stereocenters. The molecule has 0 saturated heterocycles. The van der Waals surface area contributed by atoms with E-state index in [0.29, 0.717) is 0 Å². The summed E-state index contributed by atoms with van der Waals surface area (Å²) < 4.78 is 0. The van der Waals surface area contributed by atoms with Crippen LogP contribution in [0.15, 0.2) is 30.3 Å². The Bertz CT molecular complexity index is 1450. The van der Waals surface area contributed by atoms with Gasteiger partial charge in [0.1, 0.15) is 30.2 Å². The van der Waals surface area contributed by atoms with Crippen molar-refractivity contribution in [1.82, 2.24) is 31.9 Å². The van der Waals surface area contributed by atoms with Gasteiger partial charge >= 0.3 is 11.9 Å². The van der Waals surface area contributed by atoms with E-state index in [9.17, 15) is 69.0 Å². The molecule has 1 rings (SSSR count). The summed E-state index contributed by atoms with van der Waals surface area (Å²) in [7, 11) is 0. The molecule has 1 aromatic carbocycles. The Morgan fingerprint density at radius 3 is 1.44 bits per heavy atom. The van der Waals surface area contributed by atoms with Gasteiger partial charge in [0.25, 0.3) is 0 Å². The first-order chi connectivity index (χ1) is 25.3. The van der Waals surface area contributed by atoms with Crippen LogP contribution in [0.25, 0.3) is 0 Å². The van der Waals surface area contributed by atoms with Crippen LogP contribution in [0.3, 0.4) is 0 Å². The largest absolute Gasteiger partial charge is 0.481 e. The summed E-state index contributed by atoms with van der Waals surface area (Å²) in [5.74, 6) is -9.65. The Labute approximate surface area is 310 Å². The number of carboxylic acid groups (broad SMARTS) is 2. The van der Waals surface area contributed by atoms with Crippen molar-refractivity contribution in [2.75, 3.05) is 19.8 Å². The molecule has 0 fully saturated rings. The van der Waals surface area contributed by atoms with Gasteiger partial charge in [0.2, 0.25) is 35.4 Å². The van der Waals surface area contributed by atoms with Gasteiger partial charge in [-0.3, -0.25) is 33.6 Å². The third-order valence-electron chi connectivity index (χ3n) is 7.75. The smallest absolute Gasteiger partial charge is 0.328 e. The second-order valence-corrected chi connectivity index (χ2v) is 12.8. The van der Waals surface area contributed by atoms with Gasteiger partial charge in [-0.15, -0.1) is 0 Å². The number of benzene rings is 1. The highest BCUT2D eigenvalue weighted by Gasteiger charge is 2.34. The normalized spacial score (nSPS) is 15.5. The summed E-state index contributed by atoms with van der Waals surface area (Å²) in [6.07, 6.45) is -2.74. The van der Waals surface area contributed by atoms with Gasteiger partial charge in [0.15, 0.2) is 6.04 Å². The number of amides is 6. The van der Waals surface area contributed by atoms with E-state index < -0.39 is 128 Å². The number of carbonyl (C=O) groups excluding carboxylic acids is 6. The van der Waals surface area contributed by atoms with Crippen LogP contribution in [-0.2, 0) is 44.8 Å². The number of carbonyl (C=O) groups is 8. The predicted molar refractivity (Wildman–Crippen MR) is 187 cm³/mol. The molecule has 14 N–H and O–H groups in total. The number of aliphatic hydroxyl groups is 4. The molecular weight excluding hydrogens is 718 g/mol. The summed E-state index contributed by atoms with van der Waals surface area (Å²) in [6, 6.07) is -2.46. The van der Waals surface area contributed by atoms with E-state index >= 15 is 0 Å². The summed E-state index contributed by atoms with van der Waals surface area (Å²) >= 11 is 0. The van der Waals surface area contributed by atoms with E-state index in [1.807, 2.05) is 5.32 Å². The van der Waals surface area contributed by atoms with Crippen molar-refractivity contribution in [3.63, 3.8) is 0 Å². The van der Waals surface area contributed by atoms with Gasteiger partial charge < -0.3 is 68.3 Å². The highest BCUT2D eigenvalue weighted by molar-refractivity contribution is 5.97. The Morgan fingerprint density at radius 2 is 1.02 bits per heavy atom. The minimum atomic E-state index is -1.78. The fraction of sp³-hybridized carbons (Fsp3) is 0.576. The van der Waals surface area contributed by atoms with Gasteiger partial charge in [-0.25, -0.2) is 4.79 Å². The topological polar surface area (TPSA) is 356 Å². The number of aliphatic carboxylic acids is 2. The number of aliphatic hydroxyl groups excluding tert-OH is 4. The first kappa shape index (κ1) is 46.8. The number of nitrogens with two attached hydrogens (primary N) is 1. The predicted octanol–water partition coefficient (Wildman–Crippen LogP) is -5.18. The van der Waals surface area contributed by atoms with Gasteiger partial charge in [0, 0.05) is 6.42 Å². The lowest BCUT2D eigenvalue weighted by molar-refractivity contribution is -0.145. The van der Waals surface area contributed by atoms with Crippen molar-refractivity contribution in [3.8, 4) is 0 Å². The van der Waals surface area contributed by atoms with Crippen molar-refractivity contribution >= 4 is 47.4 Å². The summed E-state index contributed by atoms with van der Waals surface area (Å²) in [6.45, 7) is 1.43. The minimum absolute atomic E-state index is 0.0824. The zero-order chi connectivity index (χ0) is 41.1. The Balaban J connectivity index is 3.09. The third kappa shape index (κ3) is 16.2. The molecule has 0 saturated carbocycles. The van der Waals surface area contributed by atoms with E-state index in [-0.39, 0.29) is 18.8 Å². The summed E-state index contributed by atoms with van der Waals surface area (Å²) in [4.78, 5) is 101. The molecule has 0 aliphatic rings. The van der Waals surface area contributed by atoms with Crippen molar-refractivity contribution in [3.05, 3.63) is 35.9 Å². The molecule has 0 unspecified atom stereocenters. The van der Waals surface area contributed by atoms with Gasteiger partial charge in [0.05, 0.1) is 32.0 Å². The lowest BCUT2D eigenvalue weighted by Gasteiger charge is -2.27. The van der Waals surface area contributed by atoms with Crippen LogP contribution in [0.1, 0.15) is 45.6 Å². The summed E-state index contributed by atoms with van der Waals surface area (Å²) in [5, 5.41) is 70.6. The van der Waals surface area contributed by atoms with Crippen LogP contribution in [-0.4, -0.2) is 146 Å².